The van der Waals surface area contributed by atoms with Gasteiger partial charge < -0.3 is 14.3 Å². The zero-order valence-electron chi connectivity index (χ0n) is 14.7. The Labute approximate surface area is 163 Å². The van der Waals surface area contributed by atoms with Crippen LogP contribution in [0.2, 0.25) is 0 Å². The highest BCUT2D eigenvalue weighted by atomic mass is 32.1. The summed E-state index contributed by atoms with van der Waals surface area (Å²) in [5.41, 5.74) is 4.60. The fourth-order valence-electron chi connectivity index (χ4n) is 2.63. The van der Waals surface area contributed by atoms with Gasteiger partial charge in [-0.3, -0.25) is 5.43 Å². The average molecular weight is 393 g/mol. The number of thiazole rings is 1. The zero-order valence-corrected chi connectivity index (χ0v) is 15.6. The van der Waals surface area contributed by atoms with Crippen molar-refractivity contribution < 1.29 is 14.3 Å². The molecule has 4 aromatic rings. The van der Waals surface area contributed by atoms with Crippen LogP contribution in [-0.2, 0) is 0 Å². The number of hydrazone groups is 1. The molecule has 2 aromatic heterocycles. The van der Waals surface area contributed by atoms with Gasteiger partial charge in [-0.05, 0) is 35.9 Å². The number of methoxy groups -OCH3 is 1. The molecule has 0 radical (unpaired) electrons. The molecule has 0 atom stereocenters. The van der Waals surface area contributed by atoms with Gasteiger partial charge in [0, 0.05) is 10.8 Å². The summed E-state index contributed by atoms with van der Waals surface area (Å²) in [4.78, 5) is 16.6. The molecule has 0 saturated heterocycles. The Morgan fingerprint density at radius 1 is 1.25 bits per heavy atom. The van der Waals surface area contributed by atoms with Crippen LogP contribution >= 0.6 is 11.3 Å². The third-order valence-corrected chi connectivity index (χ3v) is 4.75. The van der Waals surface area contributed by atoms with Crippen LogP contribution < -0.4 is 15.8 Å². The van der Waals surface area contributed by atoms with Crippen molar-refractivity contribution in [2.24, 2.45) is 5.10 Å². The van der Waals surface area contributed by atoms with Crippen LogP contribution in [0.4, 0.5) is 5.13 Å². The number of para-hydroxylation sites is 1. The lowest BCUT2D eigenvalue weighted by Gasteiger charge is -2.03. The van der Waals surface area contributed by atoms with Crippen LogP contribution in [0, 0.1) is 0 Å². The number of phenolic OH excluding ortho intramolecular Hbond substituents is 1. The largest absolute Gasteiger partial charge is 0.504 e. The zero-order chi connectivity index (χ0) is 19.5. The van der Waals surface area contributed by atoms with Crippen molar-refractivity contribution >= 4 is 33.7 Å². The van der Waals surface area contributed by atoms with E-state index in [9.17, 15) is 9.90 Å². The molecule has 2 N–H and O–H groups in total. The van der Waals surface area contributed by atoms with Crippen LogP contribution in [0.15, 0.2) is 68.2 Å². The molecule has 0 aliphatic heterocycles. The summed E-state index contributed by atoms with van der Waals surface area (Å²) in [5.74, 6) is 0.426. The van der Waals surface area contributed by atoms with E-state index in [-0.39, 0.29) is 5.75 Å². The number of aromatic nitrogens is 1. The molecule has 28 heavy (non-hydrogen) atoms. The van der Waals surface area contributed by atoms with Gasteiger partial charge in [0.25, 0.3) is 0 Å². The second-order valence-electron chi connectivity index (χ2n) is 5.82. The molecule has 0 bridgehead atoms. The maximum absolute atomic E-state index is 12.2. The minimum atomic E-state index is -0.435. The number of aromatic hydroxyl groups is 1. The van der Waals surface area contributed by atoms with Gasteiger partial charge in [0.2, 0.25) is 5.13 Å². The van der Waals surface area contributed by atoms with Crippen molar-refractivity contribution in [2.45, 2.75) is 0 Å². The standard InChI is InChI=1S/C20H15N3O4S/c1-26-18-8-12(6-7-16(18)24)10-21-23-20-22-15(11-28-20)14-9-13-4-2-3-5-17(13)27-19(14)25/h2-11,24H,1H3,(H,22,23)/b21-10+. The van der Waals surface area contributed by atoms with E-state index in [0.717, 1.165) is 10.9 Å². The summed E-state index contributed by atoms with van der Waals surface area (Å²) in [6, 6.07) is 14.0. The lowest BCUT2D eigenvalue weighted by atomic mass is 10.1. The molecule has 2 aromatic carbocycles. The van der Waals surface area contributed by atoms with Gasteiger partial charge in [0.15, 0.2) is 11.5 Å². The highest BCUT2D eigenvalue weighted by Gasteiger charge is 2.11. The highest BCUT2D eigenvalue weighted by molar-refractivity contribution is 7.14. The van der Waals surface area contributed by atoms with E-state index in [0.29, 0.717) is 27.7 Å². The molecule has 0 spiro atoms. The average Bonchev–Trinajstić information content (AvgIpc) is 3.17. The van der Waals surface area contributed by atoms with E-state index in [1.165, 1.54) is 24.5 Å². The third-order valence-electron chi connectivity index (χ3n) is 4.00. The number of phenols is 1. The minimum absolute atomic E-state index is 0.0615. The second-order valence-corrected chi connectivity index (χ2v) is 6.68. The highest BCUT2D eigenvalue weighted by Crippen LogP contribution is 2.26. The Bertz CT molecular complexity index is 1230. The van der Waals surface area contributed by atoms with Crippen molar-refractivity contribution in [1.29, 1.82) is 0 Å². The number of rotatable bonds is 5. The normalized spacial score (nSPS) is 11.2. The Kier molecular flexibility index (Phi) is 4.77. The van der Waals surface area contributed by atoms with Crippen LogP contribution in [0.1, 0.15) is 5.56 Å². The Morgan fingerprint density at radius 3 is 2.96 bits per heavy atom. The smallest absolute Gasteiger partial charge is 0.345 e. The summed E-state index contributed by atoms with van der Waals surface area (Å²) in [7, 11) is 1.48. The van der Waals surface area contributed by atoms with Gasteiger partial charge in [-0.2, -0.15) is 5.10 Å². The van der Waals surface area contributed by atoms with E-state index >= 15 is 0 Å². The van der Waals surface area contributed by atoms with Gasteiger partial charge in [-0.1, -0.05) is 18.2 Å². The van der Waals surface area contributed by atoms with Crippen molar-refractivity contribution in [3.63, 3.8) is 0 Å². The molecule has 2 heterocycles. The number of hydrogen-bond donors (Lipinski definition) is 2. The number of ether oxygens (including phenoxy) is 1. The molecule has 0 saturated carbocycles. The summed E-state index contributed by atoms with van der Waals surface area (Å²) in [6.45, 7) is 0. The predicted octanol–water partition coefficient (Wildman–Crippen LogP) is 4.08. The van der Waals surface area contributed by atoms with Crippen LogP contribution in [-0.4, -0.2) is 23.4 Å². The Balaban J connectivity index is 1.54. The molecular formula is C20H15N3O4S. The third kappa shape index (κ3) is 3.58. The maximum atomic E-state index is 12.2. The second kappa shape index (κ2) is 7.53. The quantitative estimate of drug-likeness (QED) is 0.301. The van der Waals surface area contributed by atoms with E-state index < -0.39 is 5.63 Å². The molecule has 0 aliphatic rings. The van der Waals surface area contributed by atoms with Gasteiger partial charge in [0.05, 0.1) is 24.6 Å². The first-order valence-electron chi connectivity index (χ1n) is 8.29. The molecular weight excluding hydrogens is 378 g/mol. The molecule has 140 valence electrons. The SMILES string of the molecule is COc1cc(/C=N/Nc2nc(-c3cc4ccccc4oc3=O)cs2)ccc1O. The van der Waals surface area contributed by atoms with Crippen LogP contribution in [0.25, 0.3) is 22.2 Å². The number of fused-ring (bicyclic) bond motifs is 1. The Hall–Kier alpha value is -3.65. The van der Waals surface area contributed by atoms with E-state index in [1.807, 2.05) is 18.2 Å². The number of nitrogens with zero attached hydrogens (tertiary/aromatic N) is 2. The first-order valence-corrected chi connectivity index (χ1v) is 9.17. The van der Waals surface area contributed by atoms with Crippen molar-refractivity contribution in [1.82, 2.24) is 4.98 Å². The number of hydrogen-bond acceptors (Lipinski definition) is 8. The van der Waals surface area contributed by atoms with E-state index in [1.54, 1.807) is 35.9 Å². The van der Waals surface area contributed by atoms with E-state index in [4.69, 9.17) is 9.15 Å². The summed E-state index contributed by atoms with van der Waals surface area (Å²) in [6.07, 6.45) is 1.58. The summed E-state index contributed by atoms with van der Waals surface area (Å²) in [5, 5.41) is 16.9. The molecule has 0 aliphatic carbocycles. The molecule has 0 unspecified atom stereocenters. The number of nitrogens with one attached hydrogen (secondary N) is 1. The number of anilines is 1. The maximum Gasteiger partial charge on any atom is 0.345 e. The molecule has 7 nitrogen and oxygen atoms in total. The predicted molar refractivity (Wildman–Crippen MR) is 109 cm³/mol. The van der Waals surface area contributed by atoms with Crippen LogP contribution in [0.3, 0.4) is 0 Å². The van der Waals surface area contributed by atoms with E-state index in [2.05, 4.69) is 15.5 Å². The summed E-state index contributed by atoms with van der Waals surface area (Å²) >= 11 is 1.32. The van der Waals surface area contributed by atoms with Gasteiger partial charge >= 0.3 is 5.63 Å². The van der Waals surface area contributed by atoms with Crippen molar-refractivity contribution in [3.8, 4) is 22.8 Å². The molecule has 0 amide bonds. The van der Waals surface area contributed by atoms with Gasteiger partial charge in [0.1, 0.15) is 5.58 Å². The minimum Gasteiger partial charge on any atom is -0.504 e. The molecule has 8 heteroatoms. The van der Waals surface area contributed by atoms with Crippen molar-refractivity contribution in [2.75, 3.05) is 12.5 Å². The topological polar surface area (TPSA) is 97.0 Å². The van der Waals surface area contributed by atoms with Gasteiger partial charge in [-0.25, -0.2) is 9.78 Å². The summed E-state index contributed by atoms with van der Waals surface area (Å²) < 4.78 is 10.4. The lowest BCUT2D eigenvalue weighted by molar-refractivity contribution is 0.373. The van der Waals surface area contributed by atoms with Crippen molar-refractivity contribution in [3.05, 3.63) is 69.9 Å². The Morgan fingerprint density at radius 2 is 2.11 bits per heavy atom. The van der Waals surface area contributed by atoms with Gasteiger partial charge in [-0.15, -0.1) is 11.3 Å². The number of benzene rings is 2. The fourth-order valence-corrected chi connectivity index (χ4v) is 3.29. The lowest BCUT2D eigenvalue weighted by Crippen LogP contribution is -2.02. The first kappa shape index (κ1) is 17.7. The first-order chi connectivity index (χ1) is 13.6. The monoisotopic (exact) mass is 393 g/mol. The van der Waals surface area contributed by atoms with Crippen LogP contribution in [0.5, 0.6) is 11.5 Å². The molecule has 4 rings (SSSR count). The fraction of sp³-hybridized carbons (Fsp3) is 0.0500. The molecule has 0 fully saturated rings.